The third-order valence-corrected chi connectivity index (χ3v) is 7.72. The van der Waals surface area contributed by atoms with Crippen molar-refractivity contribution in [2.75, 3.05) is 13.1 Å². The van der Waals surface area contributed by atoms with E-state index in [1.54, 1.807) is 6.07 Å². The molecule has 28 heavy (non-hydrogen) atoms. The summed E-state index contributed by atoms with van der Waals surface area (Å²) in [6, 6.07) is 3.67. The Bertz CT molecular complexity index is 756. The van der Waals surface area contributed by atoms with Crippen LogP contribution in [-0.2, 0) is 6.54 Å². The SMILES string of the molecule is O=C(NC12CC3CC(CC(C3)C1)C2)c1ccc(CN2CCCCCC2)[nH]c1=O. The Labute approximate surface area is 167 Å². The van der Waals surface area contributed by atoms with Gasteiger partial charge in [-0.3, -0.25) is 14.5 Å². The number of carbonyl (C=O) groups is 1. The largest absolute Gasteiger partial charge is 0.346 e. The van der Waals surface area contributed by atoms with Crippen molar-refractivity contribution in [3.8, 4) is 0 Å². The van der Waals surface area contributed by atoms with E-state index in [0.717, 1.165) is 62.3 Å². The van der Waals surface area contributed by atoms with Crippen LogP contribution in [0.5, 0.6) is 0 Å². The lowest BCUT2D eigenvalue weighted by atomic mass is 9.53. The predicted octanol–water partition coefficient (Wildman–Crippen LogP) is 3.45. The van der Waals surface area contributed by atoms with Gasteiger partial charge < -0.3 is 10.3 Å². The first-order chi connectivity index (χ1) is 13.6. The molecule has 0 aromatic carbocycles. The lowest BCUT2D eigenvalue weighted by molar-refractivity contribution is -0.0167. The number of nitrogens with zero attached hydrogens (tertiary/aromatic N) is 1. The molecule has 1 aromatic heterocycles. The second kappa shape index (κ2) is 7.33. The van der Waals surface area contributed by atoms with Gasteiger partial charge in [0.2, 0.25) is 0 Å². The summed E-state index contributed by atoms with van der Waals surface area (Å²) in [5.41, 5.74) is 0.895. The van der Waals surface area contributed by atoms with Crippen LogP contribution < -0.4 is 10.9 Å². The molecule has 0 atom stereocenters. The highest BCUT2D eigenvalue weighted by molar-refractivity contribution is 5.94. The Hall–Kier alpha value is -1.62. The molecule has 5 fully saturated rings. The highest BCUT2D eigenvalue weighted by Crippen LogP contribution is 2.55. The van der Waals surface area contributed by atoms with Crippen LogP contribution in [0.4, 0.5) is 0 Å². The number of hydrogen-bond acceptors (Lipinski definition) is 3. The van der Waals surface area contributed by atoms with E-state index in [2.05, 4.69) is 15.2 Å². The van der Waals surface area contributed by atoms with Crippen LogP contribution in [0.2, 0.25) is 0 Å². The Morgan fingerprint density at radius 1 is 1.00 bits per heavy atom. The summed E-state index contributed by atoms with van der Waals surface area (Å²) in [6.45, 7) is 2.96. The summed E-state index contributed by atoms with van der Waals surface area (Å²) in [5, 5.41) is 3.32. The summed E-state index contributed by atoms with van der Waals surface area (Å²) in [5.74, 6) is 2.16. The summed E-state index contributed by atoms with van der Waals surface area (Å²) >= 11 is 0. The minimum Gasteiger partial charge on any atom is -0.346 e. The normalized spacial score (nSPS) is 34.9. The van der Waals surface area contributed by atoms with E-state index < -0.39 is 0 Å². The van der Waals surface area contributed by atoms with E-state index in [-0.39, 0.29) is 22.6 Å². The van der Waals surface area contributed by atoms with Gasteiger partial charge in [-0.15, -0.1) is 0 Å². The first-order valence-corrected chi connectivity index (χ1v) is 11.4. The zero-order valence-corrected chi connectivity index (χ0v) is 16.8. The first-order valence-electron chi connectivity index (χ1n) is 11.4. The summed E-state index contributed by atoms with van der Waals surface area (Å²) in [7, 11) is 0. The quantitative estimate of drug-likeness (QED) is 0.837. The van der Waals surface area contributed by atoms with Crippen LogP contribution >= 0.6 is 0 Å². The van der Waals surface area contributed by atoms with E-state index in [0.29, 0.717) is 0 Å². The van der Waals surface area contributed by atoms with Crippen molar-refractivity contribution in [1.29, 1.82) is 0 Å². The van der Waals surface area contributed by atoms with E-state index in [1.807, 2.05) is 6.07 Å². The molecule has 1 aliphatic heterocycles. The molecule has 2 heterocycles. The zero-order chi connectivity index (χ0) is 19.1. The van der Waals surface area contributed by atoms with Crippen LogP contribution in [-0.4, -0.2) is 34.4 Å². The molecule has 4 saturated carbocycles. The van der Waals surface area contributed by atoms with Crippen LogP contribution in [0, 0.1) is 17.8 Å². The highest BCUT2D eigenvalue weighted by Gasteiger charge is 2.51. The molecule has 2 N–H and O–H groups in total. The fourth-order valence-corrected chi connectivity index (χ4v) is 6.89. The molecule has 152 valence electrons. The summed E-state index contributed by atoms with van der Waals surface area (Å²) in [4.78, 5) is 31.0. The van der Waals surface area contributed by atoms with Gasteiger partial charge in [-0.05, 0) is 94.3 Å². The number of H-pyrrole nitrogens is 1. The lowest BCUT2D eigenvalue weighted by Crippen LogP contribution is -2.60. The van der Waals surface area contributed by atoms with Gasteiger partial charge in [-0.25, -0.2) is 0 Å². The van der Waals surface area contributed by atoms with Gasteiger partial charge in [0, 0.05) is 17.8 Å². The van der Waals surface area contributed by atoms with Crippen molar-refractivity contribution >= 4 is 5.91 Å². The van der Waals surface area contributed by atoms with Crippen LogP contribution in [0.3, 0.4) is 0 Å². The van der Waals surface area contributed by atoms with Crippen LogP contribution in [0.25, 0.3) is 0 Å². The van der Waals surface area contributed by atoms with Crippen molar-refractivity contribution in [1.82, 2.24) is 15.2 Å². The third kappa shape index (κ3) is 3.66. The maximum Gasteiger partial charge on any atom is 0.261 e. The summed E-state index contributed by atoms with van der Waals surface area (Å²) < 4.78 is 0. The number of amides is 1. The van der Waals surface area contributed by atoms with Gasteiger partial charge in [-0.2, -0.15) is 0 Å². The van der Waals surface area contributed by atoms with Gasteiger partial charge >= 0.3 is 0 Å². The average Bonchev–Trinajstić information content (AvgIpc) is 2.89. The zero-order valence-electron chi connectivity index (χ0n) is 16.8. The average molecular weight is 384 g/mol. The molecule has 1 amide bonds. The molecule has 4 aliphatic carbocycles. The molecule has 5 aliphatic rings. The number of likely N-dealkylation sites (tertiary alicyclic amines) is 1. The van der Waals surface area contributed by atoms with Gasteiger partial charge in [0.25, 0.3) is 11.5 Å². The van der Waals surface area contributed by atoms with E-state index in [9.17, 15) is 9.59 Å². The highest BCUT2D eigenvalue weighted by atomic mass is 16.2. The third-order valence-electron chi connectivity index (χ3n) is 7.72. The van der Waals surface area contributed by atoms with Crippen molar-refractivity contribution in [3.05, 3.63) is 33.7 Å². The smallest absolute Gasteiger partial charge is 0.261 e. The molecule has 0 spiro atoms. The van der Waals surface area contributed by atoms with Crippen molar-refractivity contribution < 1.29 is 4.79 Å². The number of nitrogens with one attached hydrogen (secondary N) is 2. The second-order valence-corrected chi connectivity index (χ2v) is 10.1. The van der Waals surface area contributed by atoms with Crippen molar-refractivity contribution in [2.24, 2.45) is 17.8 Å². The van der Waals surface area contributed by atoms with Crippen LogP contribution in [0.1, 0.15) is 80.3 Å². The van der Waals surface area contributed by atoms with Crippen molar-refractivity contribution in [2.45, 2.75) is 76.3 Å². The number of aromatic nitrogens is 1. The molecule has 0 radical (unpaired) electrons. The monoisotopic (exact) mass is 383 g/mol. The number of rotatable bonds is 4. The number of hydrogen-bond donors (Lipinski definition) is 2. The molecule has 5 nitrogen and oxygen atoms in total. The predicted molar refractivity (Wildman–Crippen MR) is 109 cm³/mol. The Morgan fingerprint density at radius 3 is 2.18 bits per heavy atom. The molecular formula is C23H33N3O2. The Balaban J connectivity index is 1.27. The topological polar surface area (TPSA) is 65.2 Å². The van der Waals surface area contributed by atoms with Gasteiger partial charge in [0.1, 0.15) is 5.56 Å². The summed E-state index contributed by atoms with van der Waals surface area (Å²) in [6.07, 6.45) is 12.4. The molecular weight excluding hydrogens is 350 g/mol. The molecule has 1 aromatic rings. The second-order valence-electron chi connectivity index (χ2n) is 10.1. The van der Waals surface area contributed by atoms with E-state index in [4.69, 9.17) is 0 Å². The Morgan fingerprint density at radius 2 is 1.61 bits per heavy atom. The van der Waals surface area contributed by atoms with E-state index in [1.165, 1.54) is 44.9 Å². The van der Waals surface area contributed by atoms with Gasteiger partial charge in [0.15, 0.2) is 0 Å². The lowest BCUT2D eigenvalue weighted by Gasteiger charge is -2.56. The molecule has 6 rings (SSSR count). The number of carbonyl (C=O) groups excluding carboxylic acids is 1. The van der Waals surface area contributed by atoms with Gasteiger partial charge in [-0.1, -0.05) is 12.8 Å². The maximum atomic E-state index is 13.0. The fourth-order valence-electron chi connectivity index (χ4n) is 6.89. The first kappa shape index (κ1) is 18.4. The van der Waals surface area contributed by atoms with Crippen molar-refractivity contribution in [3.63, 3.8) is 0 Å². The maximum absolute atomic E-state index is 13.0. The number of aromatic amines is 1. The standard InChI is InChI=1S/C23H33N3O2/c27-21-20(6-5-19(24-21)15-26-7-3-1-2-4-8-26)22(28)25-23-12-16-9-17(13-23)11-18(10-16)14-23/h5-6,16-18H,1-4,7-15H2,(H,24,27)(H,25,28). The Kier molecular flexibility index (Phi) is 4.82. The van der Waals surface area contributed by atoms with E-state index >= 15 is 0 Å². The fraction of sp³-hybridized carbons (Fsp3) is 0.739. The van der Waals surface area contributed by atoms with Gasteiger partial charge in [0.05, 0.1) is 0 Å². The molecule has 5 heteroatoms. The molecule has 1 saturated heterocycles. The molecule has 4 bridgehead atoms. The molecule has 0 unspecified atom stereocenters. The number of pyridine rings is 1. The minimum atomic E-state index is -0.241. The minimum absolute atomic E-state index is 0.0526. The van der Waals surface area contributed by atoms with Crippen LogP contribution in [0.15, 0.2) is 16.9 Å².